The summed E-state index contributed by atoms with van der Waals surface area (Å²) >= 11 is 0. The molecule has 0 radical (unpaired) electrons. The quantitative estimate of drug-likeness (QED) is 0.725. The first-order valence-corrected chi connectivity index (χ1v) is 6.54. The van der Waals surface area contributed by atoms with Crippen LogP contribution in [0.25, 0.3) is 0 Å². The van der Waals surface area contributed by atoms with Crippen molar-refractivity contribution in [1.29, 1.82) is 0 Å². The van der Waals surface area contributed by atoms with Crippen LogP contribution in [0.3, 0.4) is 0 Å². The topological polar surface area (TPSA) is 41.1 Å². The van der Waals surface area contributed by atoms with Crippen molar-refractivity contribution in [1.82, 2.24) is 10.6 Å². The van der Waals surface area contributed by atoms with Crippen molar-refractivity contribution in [2.75, 3.05) is 13.6 Å². The molecule has 0 saturated carbocycles. The van der Waals surface area contributed by atoms with Crippen LogP contribution in [0.5, 0.6) is 0 Å². The maximum atomic E-state index is 12.2. The highest BCUT2D eigenvalue weighted by molar-refractivity contribution is 6.06. The Labute approximate surface area is 108 Å². The number of rotatable bonds is 5. The molecule has 0 amide bonds. The van der Waals surface area contributed by atoms with Gasteiger partial charge in [-0.25, -0.2) is 0 Å². The molecule has 1 atom stereocenters. The Bertz CT molecular complexity index is 430. The molecule has 0 bridgehead atoms. The summed E-state index contributed by atoms with van der Waals surface area (Å²) in [5.74, 6) is 0.227. The van der Waals surface area contributed by atoms with Crippen LogP contribution in [0.15, 0.2) is 47.7 Å². The van der Waals surface area contributed by atoms with E-state index < -0.39 is 0 Å². The largest absolute Gasteiger partial charge is 0.374 e. The molecule has 96 valence electrons. The number of ketones is 1. The van der Waals surface area contributed by atoms with Gasteiger partial charge < -0.3 is 10.6 Å². The van der Waals surface area contributed by atoms with E-state index >= 15 is 0 Å². The Hall–Kier alpha value is -1.61. The van der Waals surface area contributed by atoms with Gasteiger partial charge in [0.2, 0.25) is 0 Å². The second-order valence-electron chi connectivity index (χ2n) is 4.59. The second-order valence-corrected chi connectivity index (χ2v) is 4.59. The standard InChI is InChI=1S/C15H20N2O/c1-16-11-7-6-10-14-15(18)12-8-4-2-3-5-9-13(12)17-14/h2-5,8-9,14,16-17H,6-7,10-11H2,1H3. The molecule has 0 aromatic carbocycles. The Balaban J connectivity index is 1.98. The van der Waals surface area contributed by atoms with Crippen LogP contribution in [0, 0.1) is 0 Å². The minimum atomic E-state index is -0.0424. The van der Waals surface area contributed by atoms with Gasteiger partial charge in [-0.1, -0.05) is 24.3 Å². The Morgan fingerprint density at radius 2 is 1.94 bits per heavy atom. The molecular formula is C15H20N2O. The van der Waals surface area contributed by atoms with E-state index in [1.807, 2.05) is 43.5 Å². The van der Waals surface area contributed by atoms with Crippen molar-refractivity contribution in [3.05, 3.63) is 47.7 Å². The van der Waals surface area contributed by atoms with Crippen LogP contribution < -0.4 is 10.6 Å². The lowest BCUT2D eigenvalue weighted by atomic mass is 10.0. The molecule has 1 saturated heterocycles. The van der Waals surface area contributed by atoms with Crippen LogP contribution in [-0.4, -0.2) is 25.4 Å². The summed E-state index contributed by atoms with van der Waals surface area (Å²) in [6, 6.07) is -0.0424. The summed E-state index contributed by atoms with van der Waals surface area (Å²) in [5.41, 5.74) is 1.77. The number of carbonyl (C=O) groups is 1. The molecule has 0 spiro atoms. The van der Waals surface area contributed by atoms with Crippen molar-refractivity contribution in [2.45, 2.75) is 25.3 Å². The van der Waals surface area contributed by atoms with Crippen molar-refractivity contribution in [2.24, 2.45) is 0 Å². The average molecular weight is 244 g/mol. The third-order valence-corrected chi connectivity index (χ3v) is 3.23. The number of nitrogens with one attached hydrogen (secondary N) is 2. The number of hydrogen-bond acceptors (Lipinski definition) is 3. The minimum absolute atomic E-state index is 0.0424. The number of fused-ring (bicyclic) bond motifs is 1. The summed E-state index contributed by atoms with van der Waals surface area (Å²) < 4.78 is 0. The van der Waals surface area contributed by atoms with Crippen molar-refractivity contribution in [3.63, 3.8) is 0 Å². The molecule has 2 N–H and O–H groups in total. The normalized spacial score (nSPS) is 21.8. The van der Waals surface area contributed by atoms with Gasteiger partial charge in [0.25, 0.3) is 0 Å². The molecule has 3 nitrogen and oxygen atoms in total. The smallest absolute Gasteiger partial charge is 0.187 e. The molecule has 1 aliphatic heterocycles. The first kappa shape index (κ1) is 12.8. The Morgan fingerprint density at radius 3 is 2.72 bits per heavy atom. The maximum Gasteiger partial charge on any atom is 0.187 e. The van der Waals surface area contributed by atoms with E-state index in [4.69, 9.17) is 0 Å². The zero-order valence-electron chi connectivity index (χ0n) is 10.8. The predicted octanol–water partition coefficient (Wildman–Crippen LogP) is 1.85. The number of carbonyl (C=O) groups excluding carboxylic acids is 1. The molecule has 1 fully saturated rings. The van der Waals surface area contributed by atoms with Gasteiger partial charge in [0.15, 0.2) is 5.78 Å². The van der Waals surface area contributed by atoms with Gasteiger partial charge >= 0.3 is 0 Å². The van der Waals surface area contributed by atoms with Gasteiger partial charge in [-0.3, -0.25) is 4.79 Å². The predicted molar refractivity (Wildman–Crippen MR) is 74.2 cm³/mol. The van der Waals surface area contributed by atoms with Crippen molar-refractivity contribution >= 4 is 5.78 Å². The molecule has 0 aromatic rings. The SMILES string of the molecule is CNCCCCC1NC2=CC=CC=CC=C2C1=O. The summed E-state index contributed by atoms with van der Waals surface area (Å²) in [5, 5.41) is 6.45. The Kier molecular flexibility index (Phi) is 4.53. The van der Waals surface area contributed by atoms with E-state index in [1.165, 1.54) is 0 Å². The molecule has 2 rings (SSSR count). The van der Waals surface area contributed by atoms with Gasteiger partial charge in [0.1, 0.15) is 0 Å². The fraction of sp³-hybridized carbons (Fsp3) is 0.400. The molecule has 1 aliphatic carbocycles. The van der Waals surface area contributed by atoms with E-state index in [9.17, 15) is 4.79 Å². The van der Waals surface area contributed by atoms with Gasteiger partial charge in [-0.15, -0.1) is 0 Å². The van der Waals surface area contributed by atoms with Gasteiger partial charge in [-0.05, 0) is 45.0 Å². The molecule has 1 unspecified atom stereocenters. The lowest BCUT2D eigenvalue weighted by molar-refractivity contribution is -0.116. The Morgan fingerprint density at radius 1 is 1.17 bits per heavy atom. The van der Waals surface area contributed by atoms with Crippen molar-refractivity contribution < 1.29 is 4.79 Å². The summed E-state index contributed by atoms with van der Waals surface area (Å²) in [6.45, 7) is 1.01. The van der Waals surface area contributed by atoms with E-state index in [-0.39, 0.29) is 11.8 Å². The number of Topliss-reactive ketones (excluding diaryl/α,β-unsaturated/α-hetero) is 1. The second kappa shape index (κ2) is 6.36. The maximum absolute atomic E-state index is 12.2. The number of allylic oxidation sites excluding steroid dienone is 7. The molecule has 3 heteroatoms. The van der Waals surface area contributed by atoms with Crippen LogP contribution in [0.2, 0.25) is 0 Å². The fourth-order valence-corrected chi connectivity index (χ4v) is 2.25. The molecular weight excluding hydrogens is 224 g/mol. The lowest BCUT2D eigenvalue weighted by Crippen LogP contribution is -2.26. The van der Waals surface area contributed by atoms with E-state index in [0.717, 1.165) is 37.1 Å². The zero-order chi connectivity index (χ0) is 12.8. The van der Waals surface area contributed by atoms with E-state index in [0.29, 0.717) is 0 Å². The van der Waals surface area contributed by atoms with Crippen LogP contribution >= 0.6 is 0 Å². The highest BCUT2D eigenvalue weighted by atomic mass is 16.1. The first-order valence-electron chi connectivity index (χ1n) is 6.54. The molecule has 2 aliphatic rings. The van der Waals surface area contributed by atoms with Crippen LogP contribution in [0.1, 0.15) is 19.3 Å². The number of unbranched alkanes of at least 4 members (excludes halogenated alkanes) is 1. The summed E-state index contributed by atoms with van der Waals surface area (Å²) in [6.07, 6.45) is 14.7. The third-order valence-electron chi connectivity index (χ3n) is 3.23. The molecule has 0 aromatic heterocycles. The zero-order valence-corrected chi connectivity index (χ0v) is 10.8. The van der Waals surface area contributed by atoms with Gasteiger partial charge in [0.05, 0.1) is 6.04 Å². The summed E-state index contributed by atoms with van der Waals surface area (Å²) in [7, 11) is 1.95. The highest BCUT2D eigenvalue weighted by Gasteiger charge is 2.31. The van der Waals surface area contributed by atoms with Crippen LogP contribution in [-0.2, 0) is 4.79 Å². The van der Waals surface area contributed by atoms with Crippen LogP contribution in [0.4, 0.5) is 0 Å². The minimum Gasteiger partial charge on any atom is -0.374 e. The fourth-order valence-electron chi connectivity index (χ4n) is 2.25. The van der Waals surface area contributed by atoms with Crippen molar-refractivity contribution in [3.8, 4) is 0 Å². The first-order chi connectivity index (χ1) is 8.83. The highest BCUT2D eigenvalue weighted by Crippen LogP contribution is 2.23. The number of hydrogen-bond donors (Lipinski definition) is 2. The molecule has 18 heavy (non-hydrogen) atoms. The molecule has 1 heterocycles. The summed E-state index contributed by atoms with van der Waals surface area (Å²) in [4.78, 5) is 12.2. The van der Waals surface area contributed by atoms with Gasteiger partial charge in [-0.2, -0.15) is 0 Å². The average Bonchev–Trinajstić information content (AvgIpc) is 2.61. The third kappa shape index (κ3) is 2.99. The monoisotopic (exact) mass is 244 g/mol. The van der Waals surface area contributed by atoms with E-state index in [2.05, 4.69) is 10.6 Å². The lowest BCUT2D eigenvalue weighted by Gasteiger charge is -2.08. The van der Waals surface area contributed by atoms with Gasteiger partial charge in [0, 0.05) is 11.3 Å². The van der Waals surface area contributed by atoms with E-state index in [1.54, 1.807) is 0 Å².